The maximum atomic E-state index is 11.5. The van der Waals surface area contributed by atoms with Gasteiger partial charge in [-0.1, -0.05) is 30.3 Å². The van der Waals surface area contributed by atoms with Crippen molar-refractivity contribution >= 4 is 5.57 Å². The third kappa shape index (κ3) is 3.14. The summed E-state index contributed by atoms with van der Waals surface area (Å²) in [6.45, 7) is 1.84. The summed E-state index contributed by atoms with van der Waals surface area (Å²) in [6.07, 6.45) is 0. The van der Waals surface area contributed by atoms with Crippen LogP contribution < -0.4 is 24.0 Å². The van der Waals surface area contributed by atoms with Crippen LogP contribution in [0.4, 0.5) is 0 Å². The molecule has 0 bridgehead atoms. The van der Waals surface area contributed by atoms with Crippen LogP contribution in [-0.2, 0) is 0 Å². The summed E-state index contributed by atoms with van der Waals surface area (Å²) in [4.78, 5) is 1.59. The standard InChI is InChI=1S/C11H15NO.Li/c1-9(11(13)12(2)3)10-7-5-4-6-8-10;/h4-8,13H,1-3H3;/q;+1/p-1/b11-9-;. The number of hydrogen-bond acceptors (Lipinski definition) is 2. The molecule has 0 fully saturated rings. The fourth-order valence-electron chi connectivity index (χ4n) is 1.15. The monoisotopic (exact) mass is 183 g/mol. The molecular weight excluding hydrogens is 169 g/mol. The zero-order chi connectivity index (χ0) is 9.84. The summed E-state index contributed by atoms with van der Waals surface area (Å²) < 4.78 is 0. The van der Waals surface area contributed by atoms with Gasteiger partial charge < -0.3 is 10.0 Å². The molecule has 0 saturated heterocycles. The number of rotatable bonds is 2. The SMILES string of the molecule is C/C(=C(/[O-])N(C)C)c1ccccc1.[Li+]. The molecule has 0 aromatic heterocycles. The van der Waals surface area contributed by atoms with E-state index in [4.69, 9.17) is 0 Å². The summed E-state index contributed by atoms with van der Waals surface area (Å²) in [5.74, 6) is 0.0613. The Hall–Kier alpha value is -0.843. The average molecular weight is 183 g/mol. The summed E-state index contributed by atoms with van der Waals surface area (Å²) in [5, 5.41) is 11.5. The minimum absolute atomic E-state index is 0. The molecule has 0 N–H and O–H groups in total. The first-order valence-electron chi connectivity index (χ1n) is 4.23. The van der Waals surface area contributed by atoms with E-state index in [2.05, 4.69) is 0 Å². The van der Waals surface area contributed by atoms with Crippen LogP contribution in [0.15, 0.2) is 36.2 Å². The zero-order valence-electron chi connectivity index (χ0n) is 9.24. The van der Waals surface area contributed by atoms with Crippen molar-refractivity contribution in [1.82, 2.24) is 4.90 Å². The van der Waals surface area contributed by atoms with E-state index in [0.29, 0.717) is 0 Å². The van der Waals surface area contributed by atoms with Gasteiger partial charge in [-0.3, -0.25) is 0 Å². The Kier molecular flexibility index (Phi) is 5.45. The van der Waals surface area contributed by atoms with Crippen LogP contribution in [0.2, 0.25) is 0 Å². The van der Waals surface area contributed by atoms with Gasteiger partial charge in [0.15, 0.2) is 0 Å². The average Bonchev–Trinajstić information content (AvgIpc) is 2.17. The molecule has 1 aromatic rings. The van der Waals surface area contributed by atoms with Crippen molar-refractivity contribution in [2.45, 2.75) is 6.92 Å². The van der Waals surface area contributed by atoms with Gasteiger partial charge in [0.05, 0.1) is 0 Å². The third-order valence-electron chi connectivity index (χ3n) is 1.93. The van der Waals surface area contributed by atoms with Gasteiger partial charge in [0.2, 0.25) is 0 Å². The summed E-state index contributed by atoms with van der Waals surface area (Å²) in [5.41, 5.74) is 1.77. The Labute approximate surface area is 97.4 Å². The molecule has 0 saturated carbocycles. The van der Waals surface area contributed by atoms with E-state index in [1.54, 1.807) is 19.0 Å². The van der Waals surface area contributed by atoms with Crippen LogP contribution in [0.3, 0.4) is 0 Å². The molecule has 1 aromatic carbocycles. The van der Waals surface area contributed by atoms with Crippen molar-refractivity contribution < 1.29 is 24.0 Å². The van der Waals surface area contributed by atoms with Crippen molar-refractivity contribution in [1.29, 1.82) is 0 Å². The molecule has 0 aliphatic heterocycles. The Balaban J connectivity index is 0.00000169. The van der Waals surface area contributed by atoms with E-state index >= 15 is 0 Å². The number of nitrogens with zero attached hydrogens (tertiary/aromatic N) is 1. The third-order valence-corrected chi connectivity index (χ3v) is 1.93. The quantitative estimate of drug-likeness (QED) is 0.403. The Morgan fingerprint density at radius 3 is 2.07 bits per heavy atom. The minimum Gasteiger partial charge on any atom is -0.860 e. The first kappa shape index (κ1) is 13.2. The topological polar surface area (TPSA) is 26.3 Å². The fourth-order valence-corrected chi connectivity index (χ4v) is 1.15. The van der Waals surface area contributed by atoms with E-state index in [-0.39, 0.29) is 24.7 Å². The molecule has 0 atom stereocenters. The van der Waals surface area contributed by atoms with Crippen molar-refractivity contribution in [2.24, 2.45) is 0 Å². The van der Waals surface area contributed by atoms with E-state index in [1.807, 2.05) is 37.3 Å². The molecule has 0 radical (unpaired) electrons. The van der Waals surface area contributed by atoms with E-state index in [1.165, 1.54) is 0 Å². The summed E-state index contributed by atoms with van der Waals surface area (Å²) >= 11 is 0. The molecule has 0 aliphatic rings. The fraction of sp³-hybridized carbons (Fsp3) is 0.273. The maximum Gasteiger partial charge on any atom is 1.00 e. The van der Waals surface area contributed by atoms with Gasteiger partial charge in [-0.25, -0.2) is 0 Å². The zero-order valence-corrected chi connectivity index (χ0v) is 9.24. The van der Waals surface area contributed by atoms with Crippen molar-refractivity contribution in [3.8, 4) is 0 Å². The van der Waals surface area contributed by atoms with Crippen LogP contribution in [0.25, 0.3) is 5.57 Å². The molecule has 2 nitrogen and oxygen atoms in total. The minimum atomic E-state index is 0. The predicted molar refractivity (Wildman–Crippen MR) is 52.7 cm³/mol. The van der Waals surface area contributed by atoms with Crippen molar-refractivity contribution in [3.63, 3.8) is 0 Å². The molecule has 0 unspecified atom stereocenters. The van der Waals surface area contributed by atoms with Gasteiger partial charge in [-0.05, 0) is 23.9 Å². The Morgan fingerprint density at radius 1 is 1.14 bits per heavy atom. The van der Waals surface area contributed by atoms with Crippen LogP contribution in [0.1, 0.15) is 12.5 Å². The van der Waals surface area contributed by atoms with Gasteiger partial charge in [0.1, 0.15) is 0 Å². The van der Waals surface area contributed by atoms with Gasteiger partial charge in [-0.15, -0.1) is 0 Å². The van der Waals surface area contributed by atoms with Gasteiger partial charge >= 0.3 is 18.9 Å². The number of hydrogen-bond donors (Lipinski definition) is 0. The predicted octanol–water partition coefficient (Wildman–Crippen LogP) is -1.70. The van der Waals surface area contributed by atoms with Crippen LogP contribution >= 0.6 is 0 Å². The first-order chi connectivity index (χ1) is 6.13. The molecule has 0 amide bonds. The molecule has 3 heteroatoms. The van der Waals surface area contributed by atoms with Crippen LogP contribution in [0.5, 0.6) is 0 Å². The van der Waals surface area contributed by atoms with Crippen molar-refractivity contribution in [2.75, 3.05) is 14.1 Å². The smallest absolute Gasteiger partial charge is 0.860 e. The Bertz CT molecular complexity index is 306. The molecule has 14 heavy (non-hydrogen) atoms. The van der Waals surface area contributed by atoms with Crippen LogP contribution in [-0.4, -0.2) is 19.0 Å². The largest absolute Gasteiger partial charge is 1.00 e. The molecular formula is C11H14LiNO. The van der Waals surface area contributed by atoms with E-state index < -0.39 is 0 Å². The second kappa shape index (κ2) is 5.80. The molecule has 1 rings (SSSR count). The maximum absolute atomic E-state index is 11.5. The van der Waals surface area contributed by atoms with Crippen LogP contribution in [0, 0.1) is 0 Å². The molecule has 0 heterocycles. The van der Waals surface area contributed by atoms with Gasteiger partial charge in [0, 0.05) is 14.1 Å². The van der Waals surface area contributed by atoms with E-state index in [9.17, 15) is 5.11 Å². The number of allylic oxidation sites excluding steroid dienone is 1. The Morgan fingerprint density at radius 2 is 1.64 bits per heavy atom. The second-order valence-electron chi connectivity index (χ2n) is 3.19. The van der Waals surface area contributed by atoms with Crippen molar-refractivity contribution in [3.05, 3.63) is 41.8 Å². The summed E-state index contributed by atoms with van der Waals surface area (Å²) in [6, 6.07) is 9.69. The van der Waals surface area contributed by atoms with Gasteiger partial charge in [0.25, 0.3) is 0 Å². The molecule has 0 aliphatic carbocycles. The second-order valence-corrected chi connectivity index (χ2v) is 3.19. The van der Waals surface area contributed by atoms with E-state index in [0.717, 1.165) is 11.1 Å². The first-order valence-corrected chi connectivity index (χ1v) is 4.23. The van der Waals surface area contributed by atoms with Gasteiger partial charge in [-0.2, -0.15) is 0 Å². The molecule has 70 valence electrons. The normalized spacial score (nSPS) is 11.4. The number of benzene rings is 1. The molecule has 0 spiro atoms. The summed E-state index contributed by atoms with van der Waals surface area (Å²) in [7, 11) is 3.52.